The van der Waals surface area contributed by atoms with Crippen molar-refractivity contribution in [3.8, 4) is 0 Å². The zero-order chi connectivity index (χ0) is 20.2. The Hall–Kier alpha value is -2.25. The summed E-state index contributed by atoms with van der Waals surface area (Å²) in [4.78, 5) is 18.8. The first-order chi connectivity index (χ1) is 14.0. The van der Waals surface area contributed by atoms with E-state index < -0.39 is 0 Å². The number of furan rings is 1. The largest absolute Gasteiger partial charge is 0.432 e. The van der Waals surface area contributed by atoms with Crippen molar-refractivity contribution >= 4 is 28.0 Å². The van der Waals surface area contributed by atoms with E-state index in [4.69, 9.17) is 14.1 Å². The van der Waals surface area contributed by atoms with Crippen molar-refractivity contribution in [2.45, 2.75) is 52.2 Å². The van der Waals surface area contributed by atoms with E-state index in [1.165, 1.54) is 11.1 Å². The summed E-state index contributed by atoms with van der Waals surface area (Å²) < 4.78 is 12.5. The molecule has 5 rings (SSSR count). The molecule has 0 aromatic carbocycles. The SMILES string of the molecule is CCCc1nc2oc3c(N4CCN(C)CC4)ncnc3c2c2c1COC(C)(C)C2. The summed E-state index contributed by atoms with van der Waals surface area (Å²) in [7, 11) is 2.16. The molecule has 0 atom stereocenters. The fraction of sp³-hybridized carbons (Fsp3) is 0.591. The van der Waals surface area contributed by atoms with Crippen molar-refractivity contribution in [1.82, 2.24) is 19.9 Å². The third-order valence-electron chi connectivity index (χ3n) is 6.18. The average Bonchev–Trinajstić information content (AvgIpc) is 3.06. The molecule has 0 spiro atoms. The van der Waals surface area contributed by atoms with Crippen LogP contribution in [0.2, 0.25) is 0 Å². The number of fused-ring (bicyclic) bond motifs is 5. The second kappa shape index (κ2) is 6.92. The molecule has 3 aromatic heterocycles. The zero-order valence-corrected chi connectivity index (χ0v) is 17.8. The third-order valence-corrected chi connectivity index (χ3v) is 6.18. The molecule has 0 unspecified atom stereocenters. The van der Waals surface area contributed by atoms with E-state index in [0.717, 1.165) is 73.4 Å². The lowest BCUT2D eigenvalue weighted by Crippen LogP contribution is -2.44. The van der Waals surface area contributed by atoms with Crippen molar-refractivity contribution in [1.29, 1.82) is 0 Å². The number of likely N-dealkylation sites (N-methyl/N-ethyl adjacent to an activating group) is 1. The summed E-state index contributed by atoms with van der Waals surface area (Å²) in [6, 6.07) is 0. The van der Waals surface area contributed by atoms with Gasteiger partial charge in [-0.05, 0) is 32.9 Å². The molecule has 2 aliphatic heterocycles. The average molecular weight is 396 g/mol. The lowest BCUT2D eigenvalue weighted by molar-refractivity contribution is -0.0401. The molecule has 3 aromatic rings. The number of aromatic nitrogens is 3. The van der Waals surface area contributed by atoms with E-state index >= 15 is 0 Å². The maximum absolute atomic E-state index is 6.35. The Morgan fingerprint density at radius 3 is 2.66 bits per heavy atom. The molecule has 5 heterocycles. The highest BCUT2D eigenvalue weighted by Crippen LogP contribution is 2.40. The Bertz CT molecular complexity index is 1070. The van der Waals surface area contributed by atoms with E-state index in [9.17, 15) is 0 Å². The Kier molecular flexibility index (Phi) is 4.47. The van der Waals surface area contributed by atoms with E-state index in [0.29, 0.717) is 12.3 Å². The highest BCUT2D eigenvalue weighted by molar-refractivity contribution is 6.06. The van der Waals surface area contributed by atoms with Crippen LogP contribution in [0, 0.1) is 0 Å². The van der Waals surface area contributed by atoms with Gasteiger partial charge in [-0.1, -0.05) is 13.3 Å². The maximum atomic E-state index is 6.35. The second-order valence-corrected chi connectivity index (χ2v) is 8.94. The van der Waals surface area contributed by atoms with Gasteiger partial charge in [0.05, 0.1) is 23.3 Å². The van der Waals surface area contributed by atoms with Crippen molar-refractivity contribution < 1.29 is 9.15 Å². The lowest BCUT2D eigenvalue weighted by atomic mass is 9.88. The van der Waals surface area contributed by atoms with Crippen molar-refractivity contribution in [3.63, 3.8) is 0 Å². The van der Waals surface area contributed by atoms with Crippen LogP contribution in [0.25, 0.3) is 22.2 Å². The predicted octanol–water partition coefficient (Wildman–Crippen LogP) is 3.33. The molecule has 154 valence electrons. The van der Waals surface area contributed by atoms with Gasteiger partial charge < -0.3 is 19.0 Å². The number of hydrogen-bond donors (Lipinski definition) is 0. The number of piperazine rings is 1. The number of ether oxygens (including phenoxy) is 1. The Balaban J connectivity index is 1.73. The van der Waals surface area contributed by atoms with Gasteiger partial charge in [0, 0.05) is 38.2 Å². The second-order valence-electron chi connectivity index (χ2n) is 8.94. The molecule has 0 saturated carbocycles. The minimum Gasteiger partial charge on any atom is -0.432 e. The Labute approximate surface area is 171 Å². The number of nitrogens with zero attached hydrogens (tertiary/aromatic N) is 5. The fourth-order valence-electron chi connectivity index (χ4n) is 4.55. The number of aryl methyl sites for hydroxylation is 1. The quantitative estimate of drug-likeness (QED) is 0.674. The molecular weight excluding hydrogens is 366 g/mol. The molecule has 0 radical (unpaired) electrons. The summed E-state index contributed by atoms with van der Waals surface area (Å²) in [6.45, 7) is 11.0. The molecule has 0 N–H and O–H groups in total. The molecule has 0 amide bonds. The first kappa shape index (κ1) is 18.8. The molecule has 2 aliphatic rings. The van der Waals surface area contributed by atoms with Gasteiger partial charge in [-0.2, -0.15) is 0 Å². The number of hydrogen-bond acceptors (Lipinski definition) is 7. The summed E-state index contributed by atoms with van der Waals surface area (Å²) in [5.41, 5.74) is 5.74. The highest BCUT2D eigenvalue weighted by Gasteiger charge is 2.32. The smallest absolute Gasteiger partial charge is 0.229 e. The molecule has 1 saturated heterocycles. The lowest BCUT2D eigenvalue weighted by Gasteiger charge is -2.33. The predicted molar refractivity (Wildman–Crippen MR) is 113 cm³/mol. The summed E-state index contributed by atoms with van der Waals surface area (Å²) in [5.74, 6) is 0.887. The molecule has 1 fully saturated rings. The van der Waals surface area contributed by atoms with Crippen LogP contribution in [0.4, 0.5) is 5.82 Å². The molecule has 7 heteroatoms. The minimum atomic E-state index is -0.207. The first-order valence-electron chi connectivity index (χ1n) is 10.6. The Morgan fingerprint density at radius 2 is 1.90 bits per heavy atom. The van der Waals surface area contributed by atoms with E-state index in [-0.39, 0.29) is 5.60 Å². The van der Waals surface area contributed by atoms with Crippen LogP contribution < -0.4 is 4.90 Å². The zero-order valence-electron chi connectivity index (χ0n) is 17.8. The molecule has 0 aliphatic carbocycles. The number of pyridine rings is 1. The Morgan fingerprint density at radius 1 is 1.10 bits per heavy atom. The van der Waals surface area contributed by atoms with Gasteiger partial charge in [0.1, 0.15) is 11.8 Å². The highest BCUT2D eigenvalue weighted by atomic mass is 16.5. The van der Waals surface area contributed by atoms with Gasteiger partial charge in [-0.25, -0.2) is 15.0 Å². The van der Waals surface area contributed by atoms with E-state index in [2.05, 4.69) is 47.6 Å². The standard InChI is InChI=1S/C22H29N5O2/c1-5-6-16-15-12-28-22(2,3)11-14(15)17-18-19(29-21(17)25-16)20(24-13-23-18)27-9-7-26(4)8-10-27/h13H,5-12H2,1-4H3. The normalized spacial score (nSPS) is 19.8. The van der Waals surface area contributed by atoms with Gasteiger partial charge in [0.2, 0.25) is 5.71 Å². The van der Waals surface area contributed by atoms with Crippen LogP contribution in [-0.4, -0.2) is 58.7 Å². The summed E-state index contributed by atoms with van der Waals surface area (Å²) >= 11 is 0. The van der Waals surface area contributed by atoms with Gasteiger partial charge in [-0.15, -0.1) is 0 Å². The van der Waals surface area contributed by atoms with Crippen molar-refractivity contribution in [2.75, 3.05) is 38.1 Å². The summed E-state index contributed by atoms with van der Waals surface area (Å²) in [5, 5.41) is 1.05. The topological polar surface area (TPSA) is 67.5 Å². The van der Waals surface area contributed by atoms with E-state index in [1.807, 2.05) is 0 Å². The van der Waals surface area contributed by atoms with Gasteiger partial charge in [0.25, 0.3) is 0 Å². The van der Waals surface area contributed by atoms with Crippen LogP contribution in [0.1, 0.15) is 44.0 Å². The van der Waals surface area contributed by atoms with Gasteiger partial charge in [0.15, 0.2) is 11.4 Å². The van der Waals surface area contributed by atoms with Crippen LogP contribution in [0.3, 0.4) is 0 Å². The number of rotatable bonds is 3. The number of anilines is 1. The third kappa shape index (κ3) is 3.16. The van der Waals surface area contributed by atoms with Crippen molar-refractivity contribution in [2.24, 2.45) is 0 Å². The molecule has 0 bridgehead atoms. The monoisotopic (exact) mass is 395 g/mol. The van der Waals surface area contributed by atoms with Gasteiger partial charge >= 0.3 is 0 Å². The molecule has 7 nitrogen and oxygen atoms in total. The maximum Gasteiger partial charge on any atom is 0.229 e. The van der Waals surface area contributed by atoms with Crippen molar-refractivity contribution in [3.05, 3.63) is 23.1 Å². The van der Waals surface area contributed by atoms with Crippen LogP contribution in [-0.2, 0) is 24.2 Å². The van der Waals surface area contributed by atoms with Crippen LogP contribution >= 0.6 is 0 Å². The summed E-state index contributed by atoms with van der Waals surface area (Å²) in [6.07, 6.45) is 4.47. The molecular formula is C22H29N5O2. The minimum absolute atomic E-state index is 0.207. The first-order valence-corrected chi connectivity index (χ1v) is 10.6. The van der Waals surface area contributed by atoms with Gasteiger partial charge in [-0.3, -0.25) is 0 Å². The van der Waals surface area contributed by atoms with Crippen LogP contribution in [0.15, 0.2) is 10.7 Å². The van der Waals surface area contributed by atoms with Crippen LogP contribution in [0.5, 0.6) is 0 Å². The molecule has 29 heavy (non-hydrogen) atoms. The van der Waals surface area contributed by atoms with E-state index in [1.54, 1.807) is 6.33 Å². The fourth-order valence-corrected chi connectivity index (χ4v) is 4.55.